The molecule has 1 aromatic heterocycles. The largest absolute Gasteiger partial charge is 0.496 e. The lowest BCUT2D eigenvalue weighted by Gasteiger charge is -2.16. The molecule has 0 bridgehead atoms. The quantitative estimate of drug-likeness (QED) is 0.748. The number of para-hydroxylation sites is 1. The predicted molar refractivity (Wildman–Crippen MR) is 91.8 cm³/mol. The van der Waals surface area contributed by atoms with Gasteiger partial charge in [-0.2, -0.15) is 0 Å². The molecule has 122 valence electrons. The summed E-state index contributed by atoms with van der Waals surface area (Å²) in [6.07, 6.45) is 0. The van der Waals surface area contributed by atoms with Crippen LogP contribution in [0.2, 0.25) is 0 Å². The minimum absolute atomic E-state index is 0.0477. The van der Waals surface area contributed by atoms with Crippen LogP contribution >= 0.6 is 0 Å². The van der Waals surface area contributed by atoms with Crippen LogP contribution in [0.3, 0.4) is 0 Å². The molecule has 6 nitrogen and oxygen atoms in total. The van der Waals surface area contributed by atoms with Crippen molar-refractivity contribution in [2.24, 2.45) is 0 Å². The fourth-order valence-corrected chi connectivity index (χ4v) is 2.74. The lowest BCUT2D eigenvalue weighted by molar-refractivity contribution is 0.0600. The Morgan fingerprint density at radius 3 is 2.38 bits per heavy atom. The van der Waals surface area contributed by atoms with Gasteiger partial charge < -0.3 is 15.2 Å². The van der Waals surface area contributed by atoms with Crippen LogP contribution < -0.4 is 16.0 Å². The summed E-state index contributed by atoms with van der Waals surface area (Å²) in [7, 11) is 2.71. The Kier molecular flexibility index (Phi) is 3.95. The minimum atomic E-state index is -0.782. The van der Waals surface area contributed by atoms with Crippen LogP contribution in [-0.4, -0.2) is 24.8 Å². The molecular formula is C18H16N2O4. The number of hydrogen-bond donors (Lipinski definition) is 1. The summed E-state index contributed by atoms with van der Waals surface area (Å²) >= 11 is 0. The normalized spacial score (nSPS) is 10.6. The van der Waals surface area contributed by atoms with Gasteiger partial charge in [0.05, 0.1) is 30.8 Å². The van der Waals surface area contributed by atoms with Crippen molar-refractivity contribution < 1.29 is 14.3 Å². The maximum Gasteiger partial charge on any atom is 0.345 e. The molecule has 6 heteroatoms. The van der Waals surface area contributed by atoms with Crippen molar-refractivity contribution >= 4 is 22.6 Å². The van der Waals surface area contributed by atoms with Crippen molar-refractivity contribution in [2.75, 3.05) is 20.0 Å². The van der Waals surface area contributed by atoms with Gasteiger partial charge in [0.2, 0.25) is 0 Å². The maximum atomic E-state index is 12.9. The van der Waals surface area contributed by atoms with E-state index in [4.69, 9.17) is 15.2 Å². The number of rotatable bonds is 3. The lowest BCUT2D eigenvalue weighted by atomic mass is 10.1. The summed E-state index contributed by atoms with van der Waals surface area (Å²) in [4.78, 5) is 25.1. The first-order chi connectivity index (χ1) is 11.6. The third kappa shape index (κ3) is 2.28. The van der Waals surface area contributed by atoms with E-state index in [1.54, 1.807) is 30.3 Å². The van der Waals surface area contributed by atoms with E-state index >= 15 is 0 Å². The second-order valence-electron chi connectivity index (χ2n) is 5.11. The Balaban J connectivity index is 2.56. The lowest BCUT2D eigenvalue weighted by Crippen LogP contribution is -2.28. The van der Waals surface area contributed by atoms with Crippen LogP contribution in [0.15, 0.2) is 53.3 Å². The number of hydrogen-bond acceptors (Lipinski definition) is 5. The fourth-order valence-electron chi connectivity index (χ4n) is 2.74. The van der Waals surface area contributed by atoms with E-state index in [0.29, 0.717) is 22.3 Å². The zero-order valence-corrected chi connectivity index (χ0v) is 13.3. The zero-order valence-electron chi connectivity index (χ0n) is 13.3. The van der Waals surface area contributed by atoms with Crippen LogP contribution in [0.25, 0.3) is 16.6 Å². The van der Waals surface area contributed by atoms with Gasteiger partial charge in [0.15, 0.2) is 0 Å². The SMILES string of the molecule is COC(=O)c1c(N)c2c(OC)cccc2n(-c2ccccc2)c1=O. The highest BCUT2D eigenvalue weighted by atomic mass is 16.5. The number of fused-ring (bicyclic) bond motifs is 1. The van der Waals surface area contributed by atoms with Gasteiger partial charge in [-0.25, -0.2) is 4.79 Å². The van der Waals surface area contributed by atoms with Crippen LogP contribution in [0.1, 0.15) is 10.4 Å². The molecule has 3 rings (SSSR count). The van der Waals surface area contributed by atoms with Gasteiger partial charge >= 0.3 is 5.97 Å². The number of aromatic nitrogens is 1. The van der Waals surface area contributed by atoms with Gasteiger partial charge in [0.25, 0.3) is 5.56 Å². The summed E-state index contributed by atoms with van der Waals surface area (Å²) in [5.41, 5.74) is 6.60. The number of pyridine rings is 1. The Hall–Kier alpha value is -3.28. The maximum absolute atomic E-state index is 12.9. The minimum Gasteiger partial charge on any atom is -0.496 e. The fraction of sp³-hybridized carbons (Fsp3) is 0.111. The number of esters is 1. The molecule has 0 aliphatic carbocycles. The number of nitrogens with two attached hydrogens (primary N) is 1. The molecule has 0 saturated carbocycles. The van der Waals surface area contributed by atoms with Crippen LogP contribution in [0, 0.1) is 0 Å². The number of ether oxygens (including phenoxy) is 2. The predicted octanol–water partition coefficient (Wildman–Crippen LogP) is 2.37. The average molecular weight is 324 g/mol. The Morgan fingerprint density at radius 2 is 1.75 bits per heavy atom. The Morgan fingerprint density at radius 1 is 1.04 bits per heavy atom. The zero-order chi connectivity index (χ0) is 17.3. The number of anilines is 1. The molecule has 1 heterocycles. The van der Waals surface area contributed by atoms with E-state index in [2.05, 4.69) is 0 Å². The van der Waals surface area contributed by atoms with E-state index < -0.39 is 11.5 Å². The number of nitrogens with zero attached hydrogens (tertiary/aromatic N) is 1. The molecule has 0 amide bonds. The molecule has 0 spiro atoms. The second-order valence-corrected chi connectivity index (χ2v) is 5.11. The molecular weight excluding hydrogens is 308 g/mol. The van der Waals surface area contributed by atoms with Gasteiger partial charge in [0.1, 0.15) is 11.3 Å². The van der Waals surface area contributed by atoms with Crippen LogP contribution in [-0.2, 0) is 4.74 Å². The Bertz CT molecular complexity index is 978. The van der Waals surface area contributed by atoms with Crippen molar-refractivity contribution in [2.45, 2.75) is 0 Å². The van der Waals surface area contributed by atoms with Crippen LogP contribution in [0.4, 0.5) is 5.69 Å². The molecule has 24 heavy (non-hydrogen) atoms. The molecule has 0 unspecified atom stereocenters. The highest BCUT2D eigenvalue weighted by molar-refractivity contribution is 6.06. The van der Waals surface area contributed by atoms with E-state index in [0.717, 1.165) is 0 Å². The molecule has 0 aliphatic rings. The third-order valence-electron chi connectivity index (χ3n) is 3.82. The summed E-state index contributed by atoms with van der Waals surface area (Å²) in [5.74, 6) is -0.310. The molecule has 0 saturated heterocycles. The number of carbonyl (C=O) groups excluding carboxylic acids is 1. The van der Waals surface area contributed by atoms with Crippen molar-refractivity contribution in [3.8, 4) is 11.4 Å². The summed E-state index contributed by atoms with van der Waals surface area (Å²) in [6, 6.07) is 14.2. The number of methoxy groups -OCH3 is 2. The van der Waals surface area contributed by atoms with E-state index in [1.807, 2.05) is 18.2 Å². The van der Waals surface area contributed by atoms with Gasteiger partial charge in [-0.1, -0.05) is 24.3 Å². The highest BCUT2D eigenvalue weighted by Crippen LogP contribution is 2.32. The van der Waals surface area contributed by atoms with Gasteiger partial charge in [-0.05, 0) is 24.3 Å². The van der Waals surface area contributed by atoms with Gasteiger partial charge in [0, 0.05) is 5.69 Å². The second kappa shape index (κ2) is 6.08. The standard InChI is InChI=1S/C18H16N2O4/c1-23-13-10-6-9-12-14(13)16(19)15(18(22)24-2)17(21)20(12)11-7-4-3-5-8-11/h3-10H,19H2,1-2H3. The molecule has 3 aromatic rings. The van der Waals surface area contributed by atoms with Crippen molar-refractivity contribution in [3.63, 3.8) is 0 Å². The monoisotopic (exact) mass is 324 g/mol. The first-order valence-electron chi connectivity index (χ1n) is 7.25. The smallest absolute Gasteiger partial charge is 0.345 e. The number of carbonyl (C=O) groups is 1. The molecule has 0 radical (unpaired) electrons. The molecule has 2 aromatic carbocycles. The number of nitrogen functional groups attached to an aromatic ring is 1. The van der Waals surface area contributed by atoms with Crippen molar-refractivity contribution in [1.82, 2.24) is 4.57 Å². The summed E-state index contributed by atoms with van der Waals surface area (Å²) in [6.45, 7) is 0. The van der Waals surface area contributed by atoms with Crippen molar-refractivity contribution in [1.29, 1.82) is 0 Å². The summed E-state index contributed by atoms with van der Waals surface area (Å²) < 4.78 is 11.5. The topological polar surface area (TPSA) is 83.5 Å². The first kappa shape index (κ1) is 15.6. The summed E-state index contributed by atoms with van der Waals surface area (Å²) in [5, 5.41) is 0.490. The molecule has 0 fully saturated rings. The number of benzene rings is 2. The van der Waals surface area contributed by atoms with Crippen molar-refractivity contribution in [3.05, 3.63) is 64.4 Å². The molecule has 2 N–H and O–H groups in total. The average Bonchev–Trinajstić information content (AvgIpc) is 2.61. The third-order valence-corrected chi connectivity index (χ3v) is 3.82. The van der Waals surface area contributed by atoms with E-state index in [9.17, 15) is 9.59 Å². The Labute approximate surface area is 138 Å². The highest BCUT2D eigenvalue weighted by Gasteiger charge is 2.23. The molecule has 0 atom stereocenters. The van der Waals surface area contributed by atoms with E-state index in [-0.39, 0.29) is 11.3 Å². The van der Waals surface area contributed by atoms with E-state index in [1.165, 1.54) is 18.8 Å². The van der Waals surface area contributed by atoms with Crippen LogP contribution in [0.5, 0.6) is 5.75 Å². The molecule has 0 aliphatic heterocycles. The first-order valence-corrected chi connectivity index (χ1v) is 7.25. The van der Waals surface area contributed by atoms with Gasteiger partial charge in [-0.3, -0.25) is 9.36 Å². The van der Waals surface area contributed by atoms with Gasteiger partial charge in [-0.15, -0.1) is 0 Å².